The maximum absolute atomic E-state index is 3.49. The van der Waals surface area contributed by atoms with Crippen LogP contribution >= 0.6 is 15.9 Å². The van der Waals surface area contributed by atoms with E-state index in [2.05, 4.69) is 77.6 Å². The van der Waals surface area contributed by atoms with Gasteiger partial charge in [0.25, 0.3) is 0 Å². The van der Waals surface area contributed by atoms with Gasteiger partial charge in [0.05, 0.1) is 0 Å². The van der Waals surface area contributed by atoms with Gasteiger partial charge >= 0.3 is 41.9 Å². The van der Waals surface area contributed by atoms with Gasteiger partial charge in [0.1, 0.15) is 0 Å². The summed E-state index contributed by atoms with van der Waals surface area (Å²) in [5.74, 6) is 0. The molecule has 0 aliphatic heterocycles. The van der Waals surface area contributed by atoms with E-state index in [9.17, 15) is 0 Å². The van der Waals surface area contributed by atoms with Crippen molar-refractivity contribution < 1.29 is 48.1 Å². The molecule has 0 N–H and O–H groups in total. The predicted octanol–water partition coefficient (Wildman–Crippen LogP) is 0.672. The molecule has 130 valence electrons. The fraction of sp³-hybridized carbons (Fsp3) is 0.100. The molecule has 0 heterocycles. The second-order valence-electron chi connectivity index (χ2n) is 5.43. The van der Waals surface area contributed by atoms with Crippen molar-refractivity contribution in [2.24, 2.45) is 0 Å². The first kappa shape index (κ1) is 24.8. The third-order valence-electron chi connectivity index (χ3n) is 3.13. The molecular formula is C20H19BrCl2SiZr-2. The Morgan fingerprint density at radius 2 is 1.40 bits per heavy atom. The van der Waals surface area contributed by atoms with Gasteiger partial charge in [-0.1, -0.05) is 46.3 Å². The van der Waals surface area contributed by atoms with E-state index in [1.54, 1.807) is 23.3 Å². The molecule has 4 rings (SSSR count). The number of rotatable bonds is 0. The predicted molar refractivity (Wildman–Crippen MR) is 104 cm³/mol. The fourth-order valence-electron chi connectivity index (χ4n) is 2.25. The minimum atomic E-state index is 0. The van der Waals surface area contributed by atoms with Crippen LogP contribution in [0.3, 0.4) is 0 Å². The summed E-state index contributed by atoms with van der Waals surface area (Å²) in [5, 5.41) is 5.31. The van der Waals surface area contributed by atoms with Gasteiger partial charge < -0.3 is 24.8 Å². The summed E-state index contributed by atoms with van der Waals surface area (Å²) in [6.07, 6.45) is 0. The molecule has 0 saturated carbocycles. The molecule has 0 spiro atoms. The summed E-state index contributed by atoms with van der Waals surface area (Å²) < 4.78 is 1.14. The molecule has 4 aromatic carbocycles. The zero-order chi connectivity index (χ0) is 16.7. The number of hydrogen-bond donors (Lipinski definition) is 0. The monoisotopic (exact) mass is 526 g/mol. The van der Waals surface area contributed by atoms with E-state index in [0.29, 0.717) is 0 Å². The van der Waals surface area contributed by atoms with E-state index in [0.717, 1.165) is 4.47 Å². The Morgan fingerprint density at radius 1 is 0.840 bits per heavy atom. The summed E-state index contributed by atoms with van der Waals surface area (Å²) in [6, 6.07) is 27.1. The molecule has 0 radical (unpaired) electrons. The topological polar surface area (TPSA) is 0 Å². The van der Waals surface area contributed by atoms with Crippen LogP contribution in [-0.4, -0.2) is 5.43 Å². The molecule has 0 unspecified atom stereocenters. The van der Waals surface area contributed by atoms with Crippen LogP contribution in [-0.2, 0) is 23.3 Å². The molecule has 0 atom stereocenters. The second-order valence-corrected chi connectivity index (χ2v) is 15.7. The third kappa shape index (κ3) is 8.37. The number of benzene rings is 2. The molecule has 0 aromatic heterocycles. The third-order valence-corrected chi connectivity index (χ3v) is 3.62. The van der Waals surface area contributed by atoms with Gasteiger partial charge in [0.15, 0.2) is 0 Å². The average molecular weight is 529 g/mol. The Balaban J connectivity index is 0.000000443. The van der Waals surface area contributed by atoms with E-state index in [1.165, 1.54) is 21.5 Å². The van der Waals surface area contributed by atoms with Gasteiger partial charge in [-0.3, -0.25) is 0 Å². The van der Waals surface area contributed by atoms with Crippen LogP contribution in [0.2, 0.25) is 13.1 Å². The van der Waals surface area contributed by atoms with Gasteiger partial charge in [0.2, 0.25) is 0 Å². The van der Waals surface area contributed by atoms with E-state index in [-0.39, 0.29) is 30.2 Å². The zero-order valence-corrected chi connectivity index (χ0v) is 20.7. The van der Waals surface area contributed by atoms with Crippen molar-refractivity contribution in [1.29, 1.82) is 0 Å². The Morgan fingerprint density at radius 3 is 1.96 bits per heavy atom. The van der Waals surface area contributed by atoms with Crippen LogP contribution in [0, 0.1) is 0 Å². The van der Waals surface area contributed by atoms with Crippen molar-refractivity contribution in [2.45, 2.75) is 13.1 Å². The second kappa shape index (κ2) is 13.1. The van der Waals surface area contributed by atoms with Crippen LogP contribution in [0.15, 0.2) is 83.3 Å². The molecule has 25 heavy (non-hydrogen) atoms. The molecule has 0 saturated heterocycles. The standard InChI is InChI=1S/C13H8Br.C5H5.C2H6Si.2ClH.Zr/c14-11-5-6-13-10(8-11)7-9-3-1-2-4-12(9)13;1-2-4-5-3-1;1-3-2;;;/h1-8H;1-5H;1-2H3;2*1H;/q2*-1;;;;+2/p-2. The van der Waals surface area contributed by atoms with Crippen molar-refractivity contribution in [3.8, 4) is 0 Å². The van der Waals surface area contributed by atoms with Gasteiger partial charge in [-0.05, 0) is 4.47 Å². The van der Waals surface area contributed by atoms with E-state index < -0.39 is 0 Å². The summed E-state index contributed by atoms with van der Waals surface area (Å²) in [7, 11) is 0. The van der Waals surface area contributed by atoms with Crippen LogP contribution < -0.4 is 24.8 Å². The smallest absolute Gasteiger partial charge is 0.172 e. The number of halogens is 3. The van der Waals surface area contributed by atoms with Gasteiger partial charge in [-0.25, -0.2) is 12.1 Å². The first-order valence-corrected chi connectivity index (χ1v) is 14.5. The molecule has 0 aliphatic carbocycles. The minimum absolute atomic E-state index is 0. The molecule has 0 nitrogen and oxygen atoms in total. The van der Waals surface area contributed by atoms with Gasteiger partial charge in [0, 0.05) is 0 Å². The van der Waals surface area contributed by atoms with Crippen molar-refractivity contribution in [3.05, 3.63) is 83.3 Å². The fourth-order valence-corrected chi connectivity index (χ4v) is 2.63. The van der Waals surface area contributed by atoms with Crippen molar-refractivity contribution in [1.82, 2.24) is 0 Å². The van der Waals surface area contributed by atoms with E-state index in [1.807, 2.05) is 30.3 Å². The number of fused-ring (bicyclic) bond motifs is 3. The number of hydrogen-bond acceptors (Lipinski definition) is 0. The normalized spacial score (nSPS) is 9.00. The minimum Gasteiger partial charge on any atom is -1.00 e. The molecule has 5 heteroatoms. The molecular weight excluding hydrogens is 510 g/mol. The van der Waals surface area contributed by atoms with Crippen LogP contribution in [0.25, 0.3) is 21.5 Å². The summed E-state index contributed by atoms with van der Waals surface area (Å²) in [4.78, 5) is 0. The van der Waals surface area contributed by atoms with Crippen molar-refractivity contribution >= 4 is 42.9 Å². The molecule has 0 aliphatic rings. The van der Waals surface area contributed by atoms with Crippen molar-refractivity contribution in [3.63, 3.8) is 0 Å². The van der Waals surface area contributed by atoms with Crippen LogP contribution in [0.1, 0.15) is 0 Å². The van der Waals surface area contributed by atoms with Crippen molar-refractivity contribution in [2.75, 3.05) is 0 Å². The van der Waals surface area contributed by atoms with Crippen LogP contribution in [0.5, 0.6) is 0 Å². The van der Waals surface area contributed by atoms with E-state index in [4.69, 9.17) is 0 Å². The molecule has 4 aromatic rings. The Bertz CT molecular complexity index is 864. The first-order valence-electron chi connectivity index (χ1n) is 7.50. The molecule has 0 fully saturated rings. The van der Waals surface area contributed by atoms with Crippen LogP contribution in [0.4, 0.5) is 0 Å². The Kier molecular flexibility index (Phi) is 13.0. The quantitative estimate of drug-likeness (QED) is 0.232. The van der Waals surface area contributed by atoms with Gasteiger partial charge in [-0.15, -0.1) is 39.7 Å². The van der Waals surface area contributed by atoms with E-state index >= 15 is 0 Å². The average Bonchev–Trinajstić information content (AvgIpc) is 3.17. The summed E-state index contributed by atoms with van der Waals surface area (Å²) in [5.41, 5.74) is 0.210. The summed E-state index contributed by atoms with van der Waals surface area (Å²) in [6.45, 7) is 4.62. The first-order chi connectivity index (χ1) is 11.1. The Labute approximate surface area is 186 Å². The Hall–Kier alpha value is -0.180. The molecule has 0 amide bonds. The largest absolute Gasteiger partial charge is 1.00 e. The zero-order valence-electron chi connectivity index (χ0n) is 14.1. The van der Waals surface area contributed by atoms with Gasteiger partial charge in [-0.2, -0.15) is 18.2 Å². The SMILES string of the molecule is Brc1ccc2c(c1)[cH-]c1ccccc12.C[Si](C)=[Zr+2].[Cl-].[Cl-].c1cc[cH-]c1. The maximum Gasteiger partial charge on any atom is -0.172 e. The summed E-state index contributed by atoms with van der Waals surface area (Å²) >= 11 is 5.23. The maximum atomic E-state index is 3.49. The molecule has 0 bridgehead atoms.